The maximum absolute atomic E-state index is 8.97. The molecule has 0 amide bonds. The van der Waals surface area contributed by atoms with Crippen LogP contribution in [0.1, 0.15) is 6.92 Å². The van der Waals surface area contributed by atoms with Crippen molar-refractivity contribution in [3.05, 3.63) is 12.2 Å². The minimum Gasteiger partial charge on any atom is -0.386 e. The summed E-state index contributed by atoms with van der Waals surface area (Å²) in [4.78, 5) is 0. The van der Waals surface area contributed by atoms with Crippen LogP contribution in [0, 0.1) is 0 Å². The van der Waals surface area contributed by atoms with Gasteiger partial charge in [-0.05, 0) is 13.0 Å². The van der Waals surface area contributed by atoms with E-state index in [1.807, 2.05) is 0 Å². The number of aliphatic hydroxyl groups is 2. The fourth-order valence-electron chi connectivity index (χ4n) is 0.711. The zero-order valence-corrected chi connectivity index (χ0v) is 5.19. The second-order valence-corrected chi connectivity index (χ2v) is 2.11. The molecule has 1 rings (SSSR count). The highest BCUT2D eigenvalue weighted by atomic mass is 16.6. The van der Waals surface area contributed by atoms with Crippen molar-refractivity contribution in [2.45, 2.75) is 25.4 Å². The van der Waals surface area contributed by atoms with E-state index in [1.165, 1.54) is 12.2 Å². The minimum absolute atomic E-state index is 0.301. The molecule has 0 aliphatic carbocycles. The molecule has 0 saturated heterocycles. The predicted molar refractivity (Wildman–Crippen MR) is 31.7 cm³/mol. The van der Waals surface area contributed by atoms with Crippen LogP contribution in [0.3, 0.4) is 0 Å². The Morgan fingerprint density at radius 3 is 2.44 bits per heavy atom. The van der Waals surface area contributed by atoms with Gasteiger partial charge in [0.2, 0.25) is 0 Å². The minimum atomic E-state index is -0.844. The Kier molecular flexibility index (Phi) is 1.85. The van der Waals surface area contributed by atoms with Crippen molar-refractivity contribution in [2.75, 3.05) is 0 Å². The van der Waals surface area contributed by atoms with E-state index in [0.29, 0.717) is 0 Å². The number of hydrogen-bond donors (Lipinski definition) is 2. The summed E-state index contributed by atoms with van der Waals surface area (Å²) in [5.41, 5.74) is 0. The molecule has 0 bridgehead atoms. The number of ether oxygens (including phenoxy) is 1. The summed E-state index contributed by atoms with van der Waals surface area (Å²) in [6.45, 7) is 1.71. The molecule has 3 heteroatoms. The highest BCUT2D eigenvalue weighted by Crippen LogP contribution is 2.09. The SMILES string of the molecule is CC1OC(O)C=CC1O. The van der Waals surface area contributed by atoms with Crippen molar-refractivity contribution in [1.29, 1.82) is 0 Å². The lowest BCUT2D eigenvalue weighted by Gasteiger charge is -2.23. The van der Waals surface area contributed by atoms with Gasteiger partial charge in [-0.1, -0.05) is 6.08 Å². The Hall–Kier alpha value is -0.380. The van der Waals surface area contributed by atoms with Gasteiger partial charge in [0.1, 0.15) is 0 Å². The Morgan fingerprint density at radius 2 is 2.00 bits per heavy atom. The van der Waals surface area contributed by atoms with Gasteiger partial charge in [-0.15, -0.1) is 0 Å². The Bertz CT molecular complexity index is 121. The van der Waals surface area contributed by atoms with Gasteiger partial charge in [0, 0.05) is 0 Å². The van der Waals surface area contributed by atoms with Crippen LogP contribution in [0.25, 0.3) is 0 Å². The summed E-state index contributed by atoms with van der Waals surface area (Å²) in [5.74, 6) is 0. The van der Waals surface area contributed by atoms with Crippen molar-refractivity contribution in [3.63, 3.8) is 0 Å². The Labute approximate surface area is 53.6 Å². The van der Waals surface area contributed by atoms with Gasteiger partial charge in [0.15, 0.2) is 6.29 Å². The Morgan fingerprint density at radius 1 is 1.33 bits per heavy atom. The second-order valence-electron chi connectivity index (χ2n) is 2.11. The third kappa shape index (κ3) is 1.51. The third-order valence-electron chi connectivity index (χ3n) is 1.31. The van der Waals surface area contributed by atoms with Gasteiger partial charge < -0.3 is 14.9 Å². The van der Waals surface area contributed by atoms with E-state index in [1.54, 1.807) is 6.92 Å². The molecule has 3 nitrogen and oxygen atoms in total. The third-order valence-corrected chi connectivity index (χ3v) is 1.31. The molecule has 0 fully saturated rings. The largest absolute Gasteiger partial charge is 0.386 e. The molecule has 52 valence electrons. The molecule has 0 saturated carbocycles. The number of hydrogen-bond acceptors (Lipinski definition) is 3. The first-order valence-electron chi connectivity index (χ1n) is 2.90. The van der Waals surface area contributed by atoms with Crippen LogP contribution in [0.4, 0.5) is 0 Å². The normalized spacial score (nSPS) is 43.2. The smallest absolute Gasteiger partial charge is 0.174 e. The zero-order chi connectivity index (χ0) is 6.85. The summed E-state index contributed by atoms with van der Waals surface area (Å²) in [6, 6.07) is 0. The first-order valence-corrected chi connectivity index (χ1v) is 2.90. The number of rotatable bonds is 0. The molecule has 0 radical (unpaired) electrons. The molecule has 0 spiro atoms. The van der Waals surface area contributed by atoms with Crippen LogP contribution >= 0.6 is 0 Å². The summed E-state index contributed by atoms with van der Waals surface area (Å²) < 4.78 is 4.82. The molecule has 3 atom stereocenters. The molecule has 0 aromatic rings. The highest BCUT2D eigenvalue weighted by Gasteiger charge is 2.18. The van der Waals surface area contributed by atoms with E-state index >= 15 is 0 Å². The van der Waals surface area contributed by atoms with E-state index in [-0.39, 0.29) is 6.10 Å². The van der Waals surface area contributed by atoms with Gasteiger partial charge in [-0.3, -0.25) is 0 Å². The second kappa shape index (κ2) is 2.47. The van der Waals surface area contributed by atoms with Crippen LogP contribution in [0.15, 0.2) is 12.2 Å². The van der Waals surface area contributed by atoms with Crippen molar-refractivity contribution >= 4 is 0 Å². The van der Waals surface area contributed by atoms with E-state index < -0.39 is 12.4 Å². The fourth-order valence-corrected chi connectivity index (χ4v) is 0.711. The van der Waals surface area contributed by atoms with Crippen molar-refractivity contribution < 1.29 is 14.9 Å². The molecule has 0 aromatic carbocycles. The molecule has 9 heavy (non-hydrogen) atoms. The van der Waals surface area contributed by atoms with Gasteiger partial charge >= 0.3 is 0 Å². The van der Waals surface area contributed by atoms with Crippen LogP contribution in [-0.4, -0.2) is 28.7 Å². The molecule has 0 aromatic heterocycles. The van der Waals surface area contributed by atoms with Crippen molar-refractivity contribution in [1.82, 2.24) is 0 Å². The molecular formula is C6H10O3. The average molecular weight is 130 g/mol. The fraction of sp³-hybridized carbons (Fsp3) is 0.667. The lowest BCUT2D eigenvalue weighted by atomic mass is 10.2. The van der Waals surface area contributed by atoms with Crippen LogP contribution in [-0.2, 0) is 4.74 Å². The van der Waals surface area contributed by atoms with Gasteiger partial charge in [0.25, 0.3) is 0 Å². The lowest BCUT2D eigenvalue weighted by Crippen LogP contribution is -2.32. The zero-order valence-electron chi connectivity index (χ0n) is 5.19. The number of aliphatic hydroxyl groups excluding tert-OH is 2. The summed E-state index contributed by atoms with van der Waals surface area (Å²) in [5, 5.41) is 17.7. The van der Waals surface area contributed by atoms with Crippen LogP contribution in [0.2, 0.25) is 0 Å². The van der Waals surface area contributed by atoms with E-state index in [0.717, 1.165) is 0 Å². The van der Waals surface area contributed by atoms with Gasteiger partial charge in [-0.25, -0.2) is 0 Å². The van der Waals surface area contributed by atoms with E-state index in [2.05, 4.69) is 0 Å². The average Bonchev–Trinajstić information content (AvgIpc) is 1.80. The highest BCUT2D eigenvalue weighted by molar-refractivity contribution is 4.97. The quantitative estimate of drug-likeness (QED) is 0.440. The summed E-state index contributed by atoms with van der Waals surface area (Å²) in [7, 11) is 0. The first-order chi connectivity index (χ1) is 4.20. The molecule has 1 heterocycles. The Balaban J connectivity index is 2.54. The first kappa shape index (κ1) is 6.74. The van der Waals surface area contributed by atoms with Gasteiger partial charge in [-0.2, -0.15) is 0 Å². The van der Waals surface area contributed by atoms with E-state index in [9.17, 15) is 0 Å². The summed E-state index contributed by atoms with van der Waals surface area (Å²) in [6.07, 6.45) is 1.23. The molecule has 1 aliphatic rings. The van der Waals surface area contributed by atoms with Crippen molar-refractivity contribution in [3.8, 4) is 0 Å². The summed E-state index contributed by atoms with van der Waals surface area (Å²) >= 11 is 0. The maximum Gasteiger partial charge on any atom is 0.174 e. The maximum atomic E-state index is 8.97. The standard InChI is InChI=1S/C6H10O3/c1-4-5(7)2-3-6(8)9-4/h2-8H,1H3. The molecular weight excluding hydrogens is 120 g/mol. The molecule has 1 aliphatic heterocycles. The molecule has 3 unspecified atom stereocenters. The van der Waals surface area contributed by atoms with Crippen molar-refractivity contribution in [2.24, 2.45) is 0 Å². The van der Waals surface area contributed by atoms with E-state index in [4.69, 9.17) is 14.9 Å². The monoisotopic (exact) mass is 130 g/mol. The van der Waals surface area contributed by atoms with Gasteiger partial charge in [0.05, 0.1) is 12.2 Å². The lowest BCUT2D eigenvalue weighted by molar-refractivity contribution is -0.135. The topological polar surface area (TPSA) is 49.7 Å². The molecule has 2 N–H and O–H groups in total. The predicted octanol–water partition coefficient (Wildman–Crippen LogP) is -0.359. The van der Waals surface area contributed by atoms with Crippen LogP contribution < -0.4 is 0 Å². The van der Waals surface area contributed by atoms with Crippen LogP contribution in [0.5, 0.6) is 0 Å².